The number of benzene rings is 2. The van der Waals surface area contributed by atoms with Crippen LogP contribution in [0.2, 0.25) is 0 Å². The first-order valence-corrected chi connectivity index (χ1v) is 11.8. The van der Waals surface area contributed by atoms with E-state index in [0.29, 0.717) is 28.3 Å². The van der Waals surface area contributed by atoms with Gasteiger partial charge in [0.2, 0.25) is 0 Å². The van der Waals surface area contributed by atoms with E-state index >= 15 is 0 Å². The summed E-state index contributed by atoms with van der Waals surface area (Å²) in [5, 5.41) is 29.6. The second-order valence-corrected chi connectivity index (χ2v) is 8.97. The molecular weight excluding hydrogens is 478 g/mol. The fraction of sp³-hybridized carbons (Fsp3) is 0.370. The number of oxime groups is 1. The number of hydrogen-bond acceptors (Lipinski definition) is 8. The van der Waals surface area contributed by atoms with Crippen LogP contribution in [0.25, 0.3) is 11.6 Å². The summed E-state index contributed by atoms with van der Waals surface area (Å²) in [7, 11) is 3.05. The second kappa shape index (κ2) is 12.5. The molecule has 3 atom stereocenters. The van der Waals surface area contributed by atoms with E-state index in [0.717, 1.165) is 5.56 Å². The number of amides is 2. The number of carbonyl (C=O) groups excluding carboxylic acids is 2. The third-order valence-electron chi connectivity index (χ3n) is 5.79. The molecule has 0 spiro atoms. The molecule has 37 heavy (non-hydrogen) atoms. The number of fused-ring (bicyclic) bond motifs is 1. The van der Waals surface area contributed by atoms with E-state index in [1.165, 1.54) is 14.0 Å². The molecule has 0 fully saturated rings. The van der Waals surface area contributed by atoms with E-state index in [-0.39, 0.29) is 17.5 Å². The molecule has 0 aromatic heterocycles. The molecule has 0 radical (unpaired) electrons. The molecule has 10 heteroatoms. The first-order chi connectivity index (χ1) is 17.6. The average Bonchev–Trinajstić information content (AvgIpc) is 3.17. The van der Waals surface area contributed by atoms with Crippen molar-refractivity contribution in [3.8, 4) is 5.75 Å². The van der Waals surface area contributed by atoms with Gasteiger partial charge in [0.25, 0.3) is 11.8 Å². The summed E-state index contributed by atoms with van der Waals surface area (Å²) >= 11 is 0. The third kappa shape index (κ3) is 6.94. The van der Waals surface area contributed by atoms with Gasteiger partial charge in [-0.3, -0.25) is 9.59 Å². The number of nitrogens with one attached hydrogen (secondary N) is 2. The van der Waals surface area contributed by atoms with Crippen LogP contribution in [0.3, 0.4) is 0 Å². The van der Waals surface area contributed by atoms with Crippen molar-refractivity contribution in [1.29, 1.82) is 0 Å². The van der Waals surface area contributed by atoms with Crippen molar-refractivity contribution in [1.82, 2.24) is 0 Å². The predicted molar refractivity (Wildman–Crippen MR) is 141 cm³/mol. The minimum atomic E-state index is -1.31. The molecule has 0 saturated heterocycles. The molecule has 1 aliphatic rings. The van der Waals surface area contributed by atoms with Crippen LogP contribution in [0.15, 0.2) is 47.6 Å². The highest BCUT2D eigenvalue weighted by molar-refractivity contribution is 6.35. The number of ether oxygens (including phenoxy) is 2. The highest BCUT2D eigenvalue weighted by Crippen LogP contribution is 2.35. The Kier molecular flexibility index (Phi) is 9.40. The van der Waals surface area contributed by atoms with Crippen LogP contribution in [-0.2, 0) is 19.2 Å². The van der Waals surface area contributed by atoms with E-state index in [4.69, 9.17) is 14.3 Å². The summed E-state index contributed by atoms with van der Waals surface area (Å²) in [4.78, 5) is 30.3. The van der Waals surface area contributed by atoms with Gasteiger partial charge in [-0.05, 0) is 54.8 Å². The maximum absolute atomic E-state index is 12.6. The van der Waals surface area contributed by atoms with E-state index in [1.807, 2.05) is 26.0 Å². The van der Waals surface area contributed by atoms with Gasteiger partial charge in [0.05, 0.1) is 13.2 Å². The van der Waals surface area contributed by atoms with E-state index in [9.17, 15) is 19.8 Å². The van der Waals surface area contributed by atoms with Crippen molar-refractivity contribution in [3.63, 3.8) is 0 Å². The summed E-state index contributed by atoms with van der Waals surface area (Å²) in [5.74, 6) is -0.0815. The molecule has 1 heterocycles. The van der Waals surface area contributed by atoms with Crippen molar-refractivity contribution < 1.29 is 34.1 Å². The van der Waals surface area contributed by atoms with Gasteiger partial charge in [0, 0.05) is 29.6 Å². The molecule has 2 amide bonds. The maximum Gasteiger partial charge on any atom is 0.265 e. The summed E-state index contributed by atoms with van der Waals surface area (Å²) < 4.78 is 10.6. The van der Waals surface area contributed by atoms with Gasteiger partial charge in [0.1, 0.15) is 23.7 Å². The van der Waals surface area contributed by atoms with Crippen LogP contribution >= 0.6 is 0 Å². The SMILES string of the molecule is COc1ccc(/C=C2/C(=O)Nc3ccc(NC(=O)CO/N=C(/[C@@H](OC)C(C)C)[C@@H](O)[C@@H](C)O)cc32)cc1. The lowest BCUT2D eigenvalue weighted by Crippen LogP contribution is -2.42. The van der Waals surface area contributed by atoms with Crippen LogP contribution in [0.4, 0.5) is 11.4 Å². The number of methoxy groups -OCH3 is 2. The smallest absolute Gasteiger partial charge is 0.265 e. The summed E-state index contributed by atoms with van der Waals surface area (Å²) in [6, 6.07) is 12.4. The number of carbonyl (C=O) groups is 2. The van der Waals surface area contributed by atoms with E-state index in [1.54, 1.807) is 43.5 Å². The summed E-state index contributed by atoms with van der Waals surface area (Å²) in [5.41, 5.74) is 3.14. The highest BCUT2D eigenvalue weighted by Gasteiger charge is 2.30. The molecule has 0 unspecified atom stereocenters. The number of aliphatic hydroxyl groups is 2. The summed E-state index contributed by atoms with van der Waals surface area (Å²) in [6.45, 7) is 4.73. The van der Waals surface area contributed by atoms with Crippen LogP contribution in [0.5, 0.6) is 5.75 Å². The minimum absolute atomic E-state index is 0.0579. The molecule has 3 rings (SSSR count). The Balaban J connectivity index is 1.72. The molecule has 2 aromatic rings. The Morgan fingerprint density at radius 2 is 1.81 bits per heavy atom. The number of anilines is 2. The quantitative estimate of drug-likeness (QED) is 0.207. The van der Waals surface area contributed by atoms with Crippen LogP contribution < -0.4 is 15.4 Å². The molecule has 10 nitrogen and oxygen atoms in total. The fourth-order valence-electron chi connectivity index (χ4n) is 3.89. The molecule has 2 aromatic carbocycles. The molecule has 1 aliphatic heterocycles. The lowest BCUT2D eigenvalue weighted by atomic mass is 9.96. The molecule has 0 saturated carbocycles. The molecule has 0 aliphatic carbocycles. The standard InChI is InChI=1S/C27H33N3O7/c1-15(2)26(36-5)24(25(33)16(3)31)30-37-14-23(32)28-18-8-11-22-20(13-18)21(27(34)29-22)12-17-6-9-19(35-4)10-7-17/h6-13,15-16,25-26,31,33H,14H2,1-5H3,(H,28,32)(H,29,34)/b21-12+,30-24+/t16-,25+,26+/m1/s1. The van der Waals surface area contributed by atoms with Crippen molar-refractivity contribution in [3.05, 3.63) is 53.6 Å². The Morgan fingerprint density at radius 3 is 2.41 bits per heavy atom. The lowest BCUT2D eigenvalue weighted by Gasteiger charge is -2.25. The van der Waals surface area contributed by atoms with Crippen molar-refractivity contribution in [2.75, 3.05) is 31.5 Å². The maximum atomic E-state index is 12.6. The van der Waals surface area contributed by atoms with Crippen molar-refractivity contribution >= 4 is 40.5 Å². The summed E-state index contributed by atoms with van der Waals surface area (Å²) in [6.07, 6.45) is -1.26. The molecule has 0 bridgehead atoms. The largest absolute Gasteiger partial charge is 0.497 e. The average molecular weight is 512 g/mol. The van der Waals surface area contributed by atoms with Gasteiger partial charge in [-0.1, -0.05) is 31.1 Å². The predicted octanol–water partition coefficient (Wildman–Crippen LogP) is 2.91. The van der Waals surface area contributed by atoms with Crippen molar-refractivity contribution in [2.45, 2.75) is 39.1 Å². The Hall–Kier alpha value is -3.73. The molecule has 4 N–H and O–H groups in total. The molecule has 198 valence electrons. The van der Waals surface area contributed by atoms with Crippen molar-refractivity contribution in [2.24, 2.45) is 11.1 Å². The first kappa shape index (κ1) is 27.9. The number of nitrogens with zero attached hydrogens (tertiary/aromatic N) is 1. The van der Waals surface area contributed by atoms with Gasteiger partial charge in [-0.25, -0.2) is 0 Å². The Labute approximate surface area is 215 Å². The second-order valence-electron chi connectivity index (χ2n) is 8.97. The van der Waals surface area contributed by atoms with Crippen LogP contribution in [0, 0.1) is 5.92 Å². The van der Waals surface area contributed by atoms with Gasteiger partial charge in [0.15, 0.2) is 6.61 Å². The Morgan fingerprint density at radius 1 is 1.11 bits per heavy atom. The topological polar surface area (TPSA) is 139 Å². The van der Waals surface area contributed by atoms with Gasteiger partial charge in [-0.2, -0.15) is 0 Å². The zero-order chi connectivity index (χ0) is 27.1. The highest BCUT2D eigenvalue weighted by atomic mass is 16.6. The first-order valence-electron chi connectivity index (χ1n) is 11.8. The van der Waals surface area contributed by atoms with E-state index in [2.05, 4.69) is 15.8 Å². The third-order valence-corrected chi connectivity index (χ3v) is 5.79. The Bertz CT molecular complexity index is 1170. The zero-order valence-corrected chi connectivity index (χ0v) is 21.5. The van der Waals surface area contributed by atoms with Gasteiger partial charge in [-0.15, -0.1) is 0 Å². The minimum Gasteiger partial charge on any atom is -0.497 e. The fourth-order valence-corrected chi connectivity index (χ4v) is 3.89. The monoisotopic (exact) mass is 511 g/mol. The van der Waals surface area contributed by atoms with Crippen LogP contribution in [0.1, 0.15) is 31.9 Å². The number of hydrogen-bond donors (Lipinski definition) is 4. The van der Waals surface area contributed by atoms with E-state index < -0.39 is 30.8 Å². The van der Waals surface area contributed by atoms with Crippen LogP contribution in [-0.4, -0.2) is 66.9 Å². The lowest BCUT2D eigenvalue weighted by molar-refractivity contribution is -0.120. The van der Waals surface area contributed by atoms with Gasteiger partial charge < -0.3 is 35.2 Å². The number of rotatable bonds is 11. The normalized spacial score (nSPS) is 16.7. The zero-order valence-electron chi connectivity index (χ0n) is 21.5. The molecular formula is C27H33N3O7. The van der Waals surface area contributed by atoms with Gasteiger partial charge >= 0.3 is 0 Å². The number of aliphatic hydroxyl groups excluding tert-OH is 2.